The Labute approximate surface area is 196 Å². The van der Waals surface area contributed by atoms with Crippen LogP contribution in [0.5, 0.6) is 5.75 Å². The lowest BCUT2D eigenvalue weighted by Gasteiger charge is -2.40. The monoisotopic (exact) mass is 476 g/mol. The van der Waals surface area contributed by atoms with Crippen molar-refractivity contribution in [2.75, 3.05) is 6.61 Å². The minimum atomic E-state index is -1.14. The average molecular weight is 477 g/mol. The number of benzene rings is 2. The van der Waals surface area contributed by atoms with E-state index in [1.54, 1.807) is 12.1 Å². The van der Waals surface area contributed by atoms with E-state index in [9.17, 15) is 14.4 Å². The molecule has 0 saturated carbocycles. The highest BCUT2D eigenvalue weighted by molar-refractivity contribution is 6.30. The van der Waals surface area contributed by atoms with Gasteiger partial charge in [0.25, 0.3) is 0 Å². The molecule has 0 aliphatic carbocycles. The Morgan fingerprint density at radius 2 is 1.33 bits per heavy atom. The van der Waals surface area contributed by atoms with Gasteiger partial charge in [0.05, 0.1) is 6.61 Å². The highest BCUT2D eigenvalue weighted by atomic mass is 35.5. The summed E-state index contributed by atoms with van der Waals surface area (Å²) in [5, 5.41) is 0.681. The van der Waals surface area contributed by atoms with Crippen LogP contribution in [-0.4, -0.2) is 49.1 Å². The molecular formula is C24H25ClO8. The lowest BCUT2D eigenvalue weighted by molar-refractivity contribution is -0.259. The van der Waals surface area contributed by atoms with Gasteiger partial charge in [-0.05, 0) is 41.8 Å². The summed E-state index contributed by atoms with van der Waals surface area (Å²) >= 11 is 5.93. The maximum absolute atomic E-state index is 11.7. The van der Waals surface area contributed by atoms with Crippen molar-refractivity contribution in [3.63, 3.8) is 0 Å². The smallest absolute Gasteiger partial charge is 0.303 e. The molecule has 2 aromatic rings. The number of hydrogen-bond donors (Lipinski definition) is 0. The lowest BCUT2D eigenvalue weighted by Crippen LogP contribution is -2.59. The molecule has 0 N–H and O–H groups in total. The molecule has 9 heteroatoms. The van der Waals surface area contributed by atoms with Gasteiger partial charge in [0.1, 0.15) is 5.75 Å². The first kappa shape index (κ1) is 24.5. The Balaban J connectivity index is 1.74. The van der Waals surface area contributed by atoms with Crippen molar-refractivity contribution in [3.05, 3.63) is 64.7 Å². The molecule has 1 heterocycles. The van der Waals surface area contributed by atoms with Crippen molar-refractivity contribution in [1.82, 2.24) is 0 Å². The van der Waals surface area contributed by atoms with Crippen LogP contribution in [0.1, 0.15) is 31.9 Å². The van der Waals surface area contributed by atoms with Crippen LogP contribution in [0.25, 0.3) is 0 Å². The first-order valence-electron chi connectivity index (χ1n) is 10.3. The molecule has 0 radical (unpaired) electrons. The van der Waals surface area contributed by atoms with Crippen LogP contribution in [0.4, 0.5) is 0 Å². The van der Waals surface area contributed by atoms with Crippen LogP contribution in [0, 0.1) is 0 Å². The van der Waals surface area contributed by atoms with E-state index in [0.29, 0.717) is 17.2 Å². The van der Waals surface area contributed by atoms with Crippen LogP contribution >= 0.6 is 11.6 Å². The number of rotatable bonds is 7. The predicted octanol–water partition coefficient (Wildman–Crippen LogP) is 3.46. The Morgan fingerprint density at radius 3 is 1.88 bits per heavy atom. The summed E-state index contributed by atoms with van der Waals surface area (Å²) in [6.07, 6.45) is -3.53. The van der Waals surface area contributed by atoms with Crippen molar-refractivity contribution < 1.29 is 38.1 Å². The minimum Gasteiger partial charge on any atom is -0.461 e. The second-order valence-electron chi connectivity index (χ2n) is 7.56. The fourth-order valence-corrected chi connectivity index (χ4v) is 3.59. The fraction of sp³-hybridized carbons (Fsp3) is 0.375. The zero-order chi connectivity index (χ0) is 24.0. The van der Waals surface area contributed by atoms with E-state index in [1.165, 1.54) is 20.8 Å². The van der Waals surface area contributed by atoms with Gasteiger partial charge >= 0.3 is 17.9 Å². The molecule has 0 spiro atoms. The highest BCUT2D eigenvalue weighted by Crippen LogP contribution is 2.27. The number of esters is 3. The maximum atomic E-state index is 11.7. The molecule has 0 unspecified atom stereocenters. The summed E-state index contributed by atoms with van der Waals surface area (Å²) in [6.45, 7) is 3.54. The molecule has 0 aromatic heterocycles. The Kier molecular flexibility index (Phi) is 8.30. The van der Waals surface area contributed by atoms with Crippen molar-refractivity contribution in [2.45, 2.75) is 51.8 Å². The summed E-state index contributed by atoms with van der Waals surface area (Å²) in [5.74, 6) is -1.37. The molecular weight excluding hydrogens is 452 g/mol. The van der Waals surface area contributed by atoms with Crippen LogP contribution < -0.4 is 4.74 Å². The van der Waals surface area contributed by atoms with Gasteiger partial charge in [-0.25, -0.2) is 0 Å². The summed E-state index contributed by atoms with van der Waals surface area (Å²) in [7, 11) is 0. The third kappa shape index (κ3) is 7.20. The molecule has 0 bridgehead atoms. The first-order valence-corrected chi connectivity index (χ1v) is 10.7. The van der Waals surface area contributed by atoms with E-state index in [0.717, 1.165) is 11.1 Å². The van der Waals surface area contributed by atoms with Gasteiger partial charge in [0.2, 0.25) is 12.4 Å². The largest absolute Gasteiger partial charge is 0.461 e. The first-order chi connectivity index (χ1) is 15.7. The van der Waals surface area contributed by atoms with Crippen molar-refractivity contribution in [1.29, 1.82) is 0 Å². The summed E-state index contributed by atoms with van der Waals surface area (Å²) < 4.78 is 27.4. The van der Waals surface area contributed by atoms with Gasteiger partial charge in [-0.2, -0.15) is 0 Å². The SMILES string of the molecule is CC(=O)O[C@@H]1[C@@H](OC(C)=O)[C@@H](Oc2ccc(Cc3ccc(Cl)cc3)cc2)OC[C@H]1OC(C)=O. The summed E-state index contributed by atoms with van der Waals surface area (Å²) in [4.78, 5) is 34.8. The fourth-order valence-electron chi connectivity index (χ4n) is 3.47. The maximum Gasteiger partial charge on any atom is 0.303 e. The Morgan fingerprint density at radius 1 is 0.818 bits per heavy atom. The number of carbonyl (C=O) groups excluding carboxylic acids is 3. The predicted molar refractivity (Wildman–Crippen MR) is 118 cm³/mol. The van der Waals surface area contributed by atoms with E-state index in [1.807, 2.05) is 36.4 Å². The van der Waals surface area contributed by atoms with E-state index in [-0.39, 0.29) is 6.61 Å². The van der Waals surface area contributed by atoms with Gasteiger partial charge in [0.15, 0.2) is 12.2 Å². The van der Waals surface area contributed by atoms with Crippen molar-refractivity contribution >= 4 is 29.5 Å². The quantitative estimate of drug-likeness (QED) is 0.442. The Bertz CT molecular complexity index is 973. The van der Waals surface area contributed by atoms with Crippen molar-refractivity contribution in [2.24, 2.45) is 0 Å². The molecule has 8 nitrogen and oxygen atoms in total. The molecule has 33 heavy (non-hydrogen) atoms. The summed E-state index contributed by atoms with van der Waals surface area (Å²) in [6, 6.07) is 14.9. The Hall–Kier alpha value is -3.10. The van der Waals surface area contributed by atoms with Crippen molar-refractivity contribution in [3.8, 4) is 5.75 Å². The van der Waals surface area contributed by atoms with Gasteiger partial charge in [-0.15, -0.1) is 0 Å². The summed E-state index contributed by atoms with van der Waals surface area (Å²) in [5.41, 5.74) is 2.16. The minimum absolute atomic E-state index is 0.103. The molecule has 3 rings (SSSR count). The number of ether oxygens (including phenoxy) is 5. The zero-order valence-electron chi connectivity index (χ0n) is 18.5. The lowest BCUT2D eigenvalue weighted by atomic mass is 10.0. The zero-order valence-corrected chi connectivity index (χ0v) is 19.2. The molecule has 1 aliphatic heterocycles. The highest BCUT2D eigenvalue weighted by Gasteiger charge is 2.48. The van der Waals surface area contributed by atoms with Gasteiger partial charge in [-0.3, -0.25) is 14.4 Å². The number of halogens is 1. The number of hydrogen-bond acceptors (Lipinski definition) is 8. The second-order valence-corrected chi connectivity index (χ2v) is 8.00. The van der Waals surface area contributed by atoms with Crippen LogP contribution in [0.3, 0.4) is 0 Å². The van der Waals surface area contributed by atoms with Crippen LogP contribution in [0.15, 0.2) is 48.5 Å². The number of carbonyl (C=O) groups is 3. The molecule has 1 fully saturated rings. The normalized spacial score (nSPS) is 22.2. The molecule has 0 amide bonds. The van der Waals surface area contributed by atoms with Gasteiger partial charge in [0, 0.05) is 25.8 Å². The van der Waals surface area contributed by atoms with Gasteiger partial charge < -0.3 is 23.7 Å². The van der Waals surface area contributed by atoms with E-state index < -0.39 is 42.5 Å². The van der Waals surface area contributed by atoms with E-state index in [4.69, 9.17) is 35.3 Å². The van der Waals surface area contributed by atoms with E-state index >= 15 is 0 Å². The van der Waals surface area contributed by atoms with Crippen LogP contribution in [0.2, 0.25) is 5.02 Å². The molecule has 1 saturated heterocycles. The molecule has 4 atom stereocenters. The molecule has 176 valence electrons. The third-order valence-corrected chi connectivity index (χ3v) is 5.05. The average Bonchev–Trinajstić information content (AvgIpc) is 2.74. The second kappa shape index (κ2) is 11.2. The van der Waals surface area contributed by atoms with Gasteiger partial charge in [-0.1, -0.05) is 35.9 Å². The van der Waals surface area contributed by atoms with E-state index in [2.05, 4.69) is 0 Å². The molecule has 2 aromatic carbocycles. The standard InChI is InChI=1S/C24H25ClO8/c1-14(26)30-21-13-29-24(23(32-16(3)28)22(21)31-15(2)27)33-20-10-6-18(7-11-20)12-17-4-8-19(25)9-5-17/h4-11,21-24H,12-13H2,1-3H3/t21-,22+,23-,24-/m1/s1. The third-order valence-electron chi connectivity index (χ3n) is 4.80. The topological polar surface area (TPSA) is 97.4 Å². The molecule has 1 aliphatic rings. The van der Waals surface area contributed by atoms with Crippen LogP contribution in [-0.2, 0) is 39.8 Å².